The van der Waals surface area contributed by atoms with Gasteiger partial charge in [-0.2, -0.15) is 19.6 Å². The molecule has 5 nitrogen and oxygen atoms in total. The first-order valence-electron chi connectivity index (χ1n) is 6.80. The van der Waals surface area contributed by atoms with E-state index in [2.05, 4.69) is 40.7 Å². The third-order valence-corrected chi connectivity index (χ3v) is 3.57. The Morgan fingerprint density at radius 2 is 2.21 bits per heavy atom. The summed E-state index contributed by atoms with van der Waals surface area (Å²) < 4.78 is 1.76. The Balaban J connectivity index is 2.44. The van der Waals surface area contributed by atoms with Crippen molar-refractivity contribution in [1.29, 1.82) is 0 Å². The molecule has 0 saturated carbocycles. The van der Waals surface area contributed by atoms with Crippen LogP contribution in [0.15, 0.2) is 12.4 Å². The maximum absolute atomic E-state index is 6.09. The van der Waals surface area contributed by atoms with Crippen molar-refractivity contribution < 1.29 is 0 Å². The van der Waals surface area contributed by atoms with Crippen molar-refractivity contribution in [1.82, 2.24) is 19.6 Å². The number of hydrogen-bond donors (Lipinski definition) is 0. The lowest BCUT2D eigenvalue weighted by Gasteiger charge is -2.30. The summed E-state index contributed by atoms with van der Waals surface area (Å²) in [7, 11) is 0. The third kappa shape index (κ3) is 2.97. The van der Waals surface area contributed by atoms with Gasteiger partial charge in [-0.05, 0) is 19.8 Å². The van der Waals surface area contributed by atoms with Crippen LogP contribution >= 0.6 is 11.6 Å². The highest BCUT2D eigenvalue weighted by atomic mass is 35.5. The van der Waals surface area contributed by atoms with Gasteiger partial charge in [-0.1, -0.05) is 31.9 Å². The summed E-state index contributed by atoms with van der Waals surface area (Å²) in [5, 5.41) is 4.71. The zero-order valence-corrected chi connectivity index (χ0v) is 12.4. The monoisotopic (exact) mass is 281 g/mol. The number of fused-ring (bicyclic) bond motifs is 1. The molecule has 0 N–H and O–H groups in total. The molecule has 2 rings (SSSR count). The highest BCUT2D eigenvalue weighted by Gasteiger charge is 2.17. The number of anilines is 1. The Kier molecular flexibility index (Phi) is 4.58. The van der Waals surface area contributed by atoms with Crippen molar-refractivity contribution >= 4 is 23.2 Å². The van der Waals surface area contributed by atoms with Crippen LogP contribution in [-0.4, -0.2) is 32.2 Å². The van der Waals surface area contributed by atoms with Crippen molar-refractivity contribution in [3.05, 3.63) is 17.5 Å². The van der Waals surface area contributed by atoms with Crippen LogP contribution in [0.3, 0.4) is 0 Å². The summed E-state index contributed by atoms with van der Waals surface area (Å²) in [4.78, 5) is 10.6. The van der Waals surface area contributed by atoms with Gasteiger partial charge in [-0.15, -0.1) is 0 Å². The van der Waals surface area contributed by atoms with Crippen LogP contribution in [0.4, 0.5) is 5.82 Å². The second-order valence-corrected chi connectivity index (χ2v) is 5.10. The Bertz CT molecular complexity index is 539. The minimum absolute atomic E-state index is 0.428. The quantitative estimate of drug-likeness (QED) is 0.763. The van der Waals surface area contributed by atoms with E-state index in [9.17, 15) is 0 Å². The topological polar surface area (TPSA) is 46.3 Å². The lowest BCUT2D eigenvalue weighted by molar-refractivity contribution is 0.582. The zero-order chi connectivity index (χ0) is 13.8. The minimum atomic E-state index is 0.428. The molecule has 0 aliphatic heterocycles. The Labute approximate surface area is 118 Å². The van der Waals surface area contributed by atoms with Gasteiger partial charge in [0.15, 0.2) is 0 Å². The molecule has 0 aliphatic rings. The molecule has 0 aromatic carbocycles. The minimum Gasteiger partial charge on any atom is -0.354 e. The second kappa shape index (κ2) is 6.19. The van der Waals surface area contributed by atoms with Gasteiger partial charge in [0, 0.05) is 18.7 Å². The second-order valence-electron chi connectivity index (χ2n) is 4.71. The first-order chi connectivity index (χ1) is 9.17. The summed E-state index contributed by atoms with van der Waals surface area (Å²) in [6.07, 6.45) is 4.88. The fourth-order valence-corrected chi connectivity index (χ4v) is 2.26. The predicted molar refractivity (Wildman–Crippen MR) is 77.8 cm³/mol. The number of halogens is 1. The Morgan fingerprint density at radius 3 is 2.89 bits per heavy atom. The van der Waals surface area contributed by atoms with Crippen LogP contribution in [0.5, 0.6) is 0 Å². The average Bonchev–Trinajstić information content (AvgIpc) is 2.86. The third-order valence-electron chi connectivity index (χ3n) is 3.37. The Hall–Kier alpha value is -1.36. The standard InChI is InChI=1S/C13H20ClN5/c1-4-6-7-18(10(3)5-2)12-8-11(14)17-13-15-9-16-19(12)13/h8-10H,4-7H2,1-3H3. The number of hydrogen-bond acceptors (Lipinski definition) is 4. The molecular formula is C13H20ClN5. The van der Waals surface area contributed by atoms with E-state index in [1.54, 1.807) is 4.52 Å². The molecule has 0 fully saturated rings. The molecule has 0 aliphatic carbocycles. The molecule has 2 aromatic rings. The van der Waals surface area contributed by atoms with E-state index in [1.165, 1.54) is 6.33 Å². The SMILES string of the molecule is CCCCN(c1cc(Cl)nc2ncnn12)C(C)CC. The van der Waals surface area contributed by atoms with Crippen molar-refractivity contribution in [2.75, 3.05) is 11.4 Å². The summed E-state index contributed by atoms with van der Waals surface area (Å²) in [6.45, 7) is 7.58. The zero-order valence-electron chi connectivity index (χ0n) is 11.7. The van der Waals surface area contributed by atoms with E-state index in [-0.39, 0.29) is 0 Å². The fraction of sp³-hybridized carbons (Fsp3) is 0.615. The lowest BCUT2D eigenvalue weighted by atomic mass is 10.2. The number of unbranched alkanes of at least 4 members (excludes halogenated alkanes) is 1. The molecule has 6 heteroatoms. The van der Waals surface area contributed by atoms with E-state index in [0.29, 0.717) is 17.0 Å². The number of aromatic nitrogens is 4. The van der Waals surface area contributed by atoms with E-state index in [4.69, 9.17) is 11.6 Å². The van der Waals surface area contributed by atoms with Crippen molar-refractivity contribution in [3.8, 4) is 0 Å². The van der Waals surface area contributed by atoms with Crippen LogP contribution in [0.2, 0.25) is 5.15 Å². The van der Waals surface area contributed by atoms with Crippen LogP contribution in [0.1, 0.15) is 40.0 Å². The van der Waals surface area contributed by atoms with Crippen molar-refractivity contribution in [3.63, 3.8) is 0 Å². The van der Waals surface area contributed by atoms with Crippen molar-refractivity contribution in [2.24, 2.45) is 0 Å². The summed E-state index contributed by atoms with van der Waals surface area (Å²) >= 11 is 6.09. The molecule has 0 radical (unpaired) electrons. The lowest BCUT2D eigenvalue weighted by Crippen LogP contribution is -2.35. The Morgan fingerprint density at radius 1 is 1.42 bits per heavy atom. The average molecular weight is 282 g/mol. The maximum atomic E-state index is 6.09. The molecule has 2 heterocycles. The molecule has 0 spiro atoms. The van der Waals surface area contributed by atoms with E-state index in [1.807, 2.05) is 6.07 Å². The molecule has 104 valence electrons. The molecule has 1 unspecified atom stereocenters. The molecular weight excluding hydrogens is 262 g/mol. The van der Waals surface area contributed by atoms with E-state index < -0.39 is 0 Å². The number of nitrogens with zero attached hydrogens (tertiary/aromatic N) is 5. The van der Waals surface area contributed by atoms with Crippen molar-refractivity contribution in [2.45, 2.75) is 46.1 Å². The molecule has 0 saturated heterocycles. The molecule has 2 aromatic heterocycles. The van der Waals surface area contributed by atoms with Crippen LogP contribution < -0.4 is 4.90 Å². The molecule has 19 heavy (non-hydrogen) atoms. The first-order valence-corrected chi connectivity index (χ1v) is 7.18. The van der Waals surface area contributed by atoms with Gasteiger partial charge in [-0.3, -0.25) is 0 Å². The molecule has 0 amide bonds. The first kappa shape index (κ1) is 14.1. The van der Waals surface area contributed by atoms with E-state index in [0.717, 1.165) is 31.6 Å². The van der Waals surface area contributed by atoms with Gasteiger partial charge in [0.25, 0.3) is 5.78 Å². The van der Waals surface area contributed by atoms with Crippen LogP contribution in [0.25, 0.3) is 5.78 Å². The normalized spacial score (nSPS) is 12.8. The smallest absolute Gasteiger partial charge is 0.255 e. The highest BCUT2D eigenvalue weighted by molar-refractivity contribution is 6.29. The van der Waals surface area contributed by atoms with Gasteiger partial charge in [-0.25, -0.2) is 0 Å². The van der Waals surface area contributed by atoms with Crippen LogP contribution in [-0.2, 0) is 0 Å². The van der Waals surface area contributed by atoms with E-state index >= 15 is 0 Å². The van der Waals surface area contributed by atoms with Crippen LogP contribution in [0, 0.1) is 0 Å². The summed E-state index contributed by atoms with van der Waals surface area (Å²) in [5.41, 5.74) is 0. The largest absolute Gasteiger partial charge is 0.354 e. The summed E-state index contributed by atoms with van der Waals surface area (Å²) in [6, 6.07) is 2.29. The van der Waals surface area contributed by atoms with Gasteiger partial charge in [0.05, 0.1) is 0 Å². The molecule has 0 bridgehead atoms. The van der Waals surface area contributed by atoms with Gasteiger partial charge >= 0.3 is 0 Å². The number of rotatable bonds is 6. The van der Waals surface area contributed by atoms with Gasteiger partial charge < -0.3 is 4.90 Å². The maximum Gasteiger partial charge on any atom is 0.255 e. The van der Waals surface area contributed by atoms with Gasteiger partial charge in [0.2, 0.25) is 0 Å². The molecule has 1 atom stereocenters. The predicted octanol–water partition coefficient (Wildman–Crippen LogP) is 3.18. The highest BCUT2D eigenvalue weighted by Crippen LogP contribution is 2.22. The van der Waals surface area contributed by atoms with Gasteiger partial charge in [0.1, 0.15) is 17.3 Å². The summed E-state index contributed by atoms with van der Waals surface area (Å²) in [5.74, 6) is 1.52. The fourth-order valence-electron chi connectivity index (χ4n) is 2.08.